The van der Waals surface area contributed by atoms with E-state index in [4.69, 9.17) is 4.99 Å². The lowest BCUT2D eigenvalue weighted by Crippen LogP contribution is -2.40. The molecule has 1 saturated heterocycles. The summed E-state index contributed by atoms with van der Waals surface area (Å²) in [6, 6.07) is 8.62. The molecule has 1 atom stereocenters. The van der Waals surface area contributed by atoms with Gasteiger partial charge in [-0.1, -0.05) is 34.1 Å². The van der Waals surface area contributed by atoms with Gasteiger partial charge < -0.3 is 10.2 Å². The van der Waals surface area contributed by atoms with Crippen LogP contribution in [0.3, 0.4) is 0 Å². The average molecular weight is 444 g/mol. The maximum Gasteiger partial charge on any atom is 0.193 e. The number of benzene rings is 1. The number of rotatable bonds is 6. The molecule has 2 fully saturated rings. The van der Waals surface area contributed by atoms with Crippen LogP contribution in [0.5, 0.6) is 0 Å². The Morgan fingerprint density at radius 3 is 2.86 bits per heavy atom. The highest BCUT2D eigenvalue weighted by molar-refractivity contribution is 9.10. The lowest BCUT2D eigenvalue weighted by molar-refractivity contribution is 0.458. The number of likely N-dealkylation sites (tertiary alicyclic amines) is 1. The first kappa shape index (κ1) is 19.5. The standard InChI is InChI=1S/C22H30BrN5/c1-3-24-21(25-16-22(9-10-22)19-6-4-5-7-20(19)23)28-11-8-17(15-28)12-18-13-26-27(2)14-18/h4-7,13-14,17H,3,8-12,15-16H2,1-2H3,(H,24,25). The molecular weight excluding hydrogens is 414 g/mol. The molecule has 0 spiro atoms. The highest BCUT2D eigenvalue weighted by atomic mass is 79.9. The summed E-state index contributed by atoms with van der Waals surface area (Å²) in [6.45, 7) is 6.08. The molecule has 150 valence electrons. The van der Waals surface area contributed by atoms with Crippen LogP contribution < -0.4 is 5.32 Å². The lowest BCUT2D eigenvalue weighted by atomic mass is 9.96. The van der Waals surface area contributed by atoms with Crippen LogP contribution in [0.2, 0.25) is 0 Å². The van der Waals surface area contributed by atoms with Crippen LogP contribution in [0.1, 0.15) is 37.3 Å². The molecule has 5 nitrogen and oxygen atoms in total. The molecule has 4 rings (SSSR count). The van der Waals surface area contributed by atoms with E-state index in [2.05, 4.69) is 68.6 Å². The van der Waals surface area contributed by atoms with Crippen LogP contribution in [-0.4, -0.2) is 46.8 Å². The van der Waals surface area contributed by atoms with Crippen molar-refractivity contribution < 1.29 is 0 Å². The third-order valence-corrected chi connectivity index (χ3v) is 6.72. The number of guanidine groups is 1. The van der Waals surface area contributed by atoms with Gasteiger partial charge in [-0.15, -0.1) is 0 Å². The van der Waals surface area contributed by atoms with Crippen LogP contribution in [0.4, 0.5) is 0 Å². The Labute approximate surface area is 176 Å². The van der Waals surface area contributed by atoms with Gasteiger partial charge in [0, 0.05) is 42.8 Å². The second kappa shape index (κ2) is 8.27. The minimum atomic E-state index is 0.218. The molecule has 1 saturated carbocycles. The molecule has 0 bridgehead atoms. The predicted molar refractivity (Wildman–Crippen MR) is 118 cm³/mol. The van der Waals surface area contributed by atoms with Crippen molar-refractivity contribution >= 4 is 21.9 Å². The van der Waals surface area contributed by atoms with Crippen molar-refractivity contribution in [3.63, 3.8) is 0 Å². The van der Waals surface area contributed by atoms with Crippen molar-refractivity contribution in [3.8, 4) is 0 Å². The van der Waals surface area contributed by atoms with E-state index in [1.54, 1.807) is 0 Å². The van der Waals surface area contributed by atoms with Gasteiger partial charge in [0.15, 0.2) is 5.96 Å². The van der Waals surface area contributed by atoms with E-state index in [1.165, 1.54) is 34.9 Å². The smallest absolute Gasteiger partial charge is 0.193 e. The number of nitrogens with zero attached hydrogens (tertiary/aromatic N) is 4. The highest BCUT2D eigenvalue weighted by Crippen LogP contribution is 2.50. The Morgan fingerprint density at radius 2 is 2.18 bits per heavy atom. The Kier molecular flexibility index (Phi) is 5.76. The minimum absolute atomic E-state index is 0.218. The monoisotopic (exact) mass is 443 g/mol. The molecule has 1 aromatic heterocycles. The summed E-state index contributed by atoms with van der Waals surface area (Å²) < 4.78 is 3.11. The Morgan fingerprint density at radius 1 is 1.36 bits per heavy atom. The van der Waals surface area contributed by atoms with Crippen molar-refractivity contribution in [2.24, 2.45) is 18.0 Å². The van der Waals surface area contributed by atoms with E-state index in [0.717, 1.165) is 38.6 Å². The molecule has 1 aliphatic carbocycles. The van der Waals surface area contributed by atoms with Gasteiger partial charge in [-0.3, -0.25) is 9.67 Å². The SMILES string of the molecule is CCNC(=NCC1(c2ccccc2Br)CC1)N1CCC(Cc2cnn(C)c2)C1. The van der Waals surface area contributed by atoms with E-state index in [-0.39, 0.29) is 5.41 Å². The third-order valence-electron chi connectivity index (χ3n) is 6.03. The average Bonchev–Trinajstić information content (AvgIpc) is 3.13. The molecule has 1 aromatic carbocycles. The molecular formula is C22H30BrN5. The van der Waals surface area contributed by atoms with Crippen molar-refractivity contribution in [3.05, 3.63) is 52.3 Å². The Hall–Kier alpha value is -1.82. The largest absolute Gasteiger partial charge is 0.357 e. The van der Waals surface area contributed by atoms with Crippen LogP contribution in [-0.2, 0) is 18.9 Å². The summed E-state index contributed by atoms with van der Waals surface area (Å²) in [7, 11) is 1.99. The van der Waals surface area contributed by atoms with Gasteiger partial charge in [-0.2, -0.15) is 5.10 Å². The molecule has 6 heteroatoms. The molecule has 2 aromatic rings. The third kappa shape index (κ3) is 4.27. The zero-order chi connectivity index (χ0) is 19.6. The molecule has 2 heterocycles. The number of aliphatic imine (C=N–C) groups is 1. The minimum Gasteiger partial charge on any atom is -0.357 e. The lowest BCUT2D eigenvalue weighted by Gasteiger charge is -2.23. The van der Waals surface area contributed by atoms with Gasteiger partial charge in [0.1, 0.15) is 0 Å². The summed E-state index contributed by atoms with van der Waals surface area (Å²) in [6.07, 6.45) is 8.90. The maximum absolute atomic E-state index is 5.09. The normalized spacial score (nSPS) is 21.2. The highest BCUT2D eigenvalue weighted by Gasteiger charge is 2.45. The van der Waals surface area contributed by atoms with Crippen LogP contribution in [0.25, 0.3) is 0 Å². The first-order chi connectivity index (χ1) is 13.6. The number of halogens is 1. The molecule has 0 radical (unpaired) electrons. The first-order valence-electron chi connectivity index (χ1n) is 10.4. The Balaban J connectivity index is 1.42. The van der Waals surface area contributed by atoms with E-state index in [1.807, 2.05) is 17.9 Å². The van der Waals surface area contributed by atoms with Gasteiger partial charge in [0.05, 0.1) is 12.7 Å². The van der Waals surface area contributed by atoms with Crippen molar-refractivity contribution in [2.45, 2.75) is 38.0 Å². The number of aromatic nitrogens is 2. The fraction of sp³-hybridized carbons (Fsp3) is 0.545. The van der Waals surface area contributed by atoms with Gasteiger partial charge in [-0.25, -0.2) is 0 Å². The summed E-state index contributed by atoms with van der Waals surface area (Å²) in [5, 5.41) is 7.83. The van der Waals surface area contributed by atoms with E-state index >= 15 is 0 Å². The fourth-order valence-corrected chi connectivity index (χ4v) is 5.01. The Bertz CT molecular complexity index is 839. The summed E-state index contributed by atoms with van der Waals surface area (Å²) in [4.78, 5) is 7.53. The first-order valence-corrected chi connectivity index (χ1v) is 11.1. The molecule has 28 heavy (non-hydrogen) atoms. The summed E-state index contributed by atoms with van der Waals surface area (Å²) >= 11 is 3.74. The molecule has 2 aliphatic rings. The second-order valence-corrected chi connectivity index (χ2v) is 9.11. The van der Waals surface area contributed by atoms with E-state index < -0.39 is 0 Å². The predicted octanol–water partition coefficient (Wildman–Crippen LogP) is 3.74. The van der Waals surface area contributed by atoms with Gasteiger partial charge >= 0.3 is 0 Å². The van der Waals surface area contributed by atoms with Crippen LogP contribution in [0.15, 0.2) is 46.1 Å². The second-order valence-electron chi connectivity index (χ2n) is 8.26. The maximum atomic E-state index is 5.09. The summed E-state index contributed by atoms with van der Waals surface area (Å²) in [5.74, 6) is 1.75. The number of aryl methyl sites for hydroxylation is 1. The number of hydrogen-bond donors (Lipinski definition) is 1. The molecule has 0 amide bonds. The zero-order valence-corrected chi connectivity index (χ0v) is 18.5. The zero-order valence-electron chi connectivity index (χ0n) is 16.9. The van der Waals surface area contributed by atoms with Crippen molar-refractivity contribution in [1.29, 1.82) is 0 Å². The molecule has 1 unspecified atom stereocenters. The van der Waals surface area contributed by atoms with E-state index in [0.29, 0.717) is 5.92 Å². The number of nitrogens with one attached hydrogen (secondary N) is 1. The summed E-state index contributed by atoms with van der Waals surface area (Å²) in [5.41, 5.74) is 2.96. The van der Waals surface area contributed by atoms with Gasteiger partial charge in [0.25, 0.3) is 0 Å². The van der Waals surface area contributed by atoms with E-state index in [9.17, 15) is 0 Å². The van der Waals surface area contributed by atoms with Crippen molar-refractivity contribution in [2.75, 3.05) is 26.2 Å². The van der Waals surface area contributed by atoms with Crippen molar-refractivity contribution in [1.82, 2.24) is 20.0 Å². The van der Waals surface area contributed by atoms with Gasteiger partial charge in [-0.05, 0) is 55.7 Å². The fourth-order valence-electron chi connectivity index (χ4n) is 4.31. The quantitative estimate of drug-likeness (QED) is 0.546. The van der Waals surface area contributed by atoms with Gasteiger partial charge in [0.2, 0.25) is 0 Å². The topological polar surface area (TPSA) is 45.5 Å². The number of hydrogen-bond acceptors (Lipinski definition) is 2. The van der Waals surface area contributed by atoms with Crippen LogP contribution >= 0.6 is 15.9 Å². The molecule has 1 N–H and O–H groups in total. The van der Waals surface area contributed by atoms with Crippen LogP contribution in [0, 0.1) is 5.92 Å². The molecule has 1 aliphatic heterocycles.